The molecular formula is C21H25N3O4. The summed E-state index contributed by atoms with van der Waals surface area (Å²) in [5.41, 5.74) is 4.42. The minimum atomic E-state index is -0.530. The molecule has 0 aliphatic carbocycles. The van der Waals surface area contributed by atoms with Gasteiger partial charge in [-0.3, -0.25) is 9.36 Å². The van der Waals surface area contributed by atoms with Crippen LogP contribution in [-0.2, 0) is 11.3 Å². The molecule has 0 aliphatic rings. The lowest BCUT2D eigenvalue weighted by Gasteiger charge is -2.07. The van der Waals surface area contributed by atoms with E-state index >= 15 is 0 Å². The van der Waals surface area contributed by atoms with Crippen LogP contribution in [0, 0.1) is 34.6 Å². The molecule has 0 saturated heterocycles. The second-order valence-electron chi connectivity index (χ2n) is 6.94. The largest absolute Gasteiger partial charge is 0.454 e. The number of nitrogens with zero attached hydrogens (tertiary/aromatic N) is 3. The van der Waals surface area contributed by atoms with E-state index < -0.39 is 5.97 Å². The van der Waals surface area contributed by atoms with Gasteiger partial charge in [0, 0.05) is 41.0 Å². The number of aryl methyl sites for hydroxylation is 3. The highest BCUT2D eigenvalue weighted by molar-refractivity contribution is 6.00. The maximum absolute atomic E-state index is 12.6. The van der Waals surface area contributed by atoms with Crippen LogP contribution in [0.15, 0.2) is 22.7 Å². The summed E-state index contributed by atoms with van der Waals surface area (Å²) in [4.78, 5) is 25.1. The molecule has 0 spiro atoms. The summed E-state index contributed by atoms with van der Waals surface area (Å²) in [6.07, 6.45) is 0. The van der Waals surface area contributed by atoms with E-state index in [4.69, 9.17) is 9.26 Å². The SMILES string of the molecule is CCn1c(C)cc(C(=O)COC(=O)c2cc(C)n(-c3cc(C)on3)c2C)c1C. The number of rotatable bonds is 6. The predicted molar refractivity (Wildman–Crippen MR) is 104 cm³/mol. The number of carbonyl (C=O) groups is 2. The van der Waals surface area contributed by atoms with Crippen molar-refractivity contribution in [1.82, 2.24) is 14.3 Å². The summed E-state index contributed by atoms with van der Waals surface area (Å²) in [7, 11) is 0. The Labute approximate surface area is 163 Å². The lowest BCUT2D eigenvalue weighted by atomic mass is 10.1. The normalized spacial score (nSPS) is 11.1. The third kappa shape index (κ3) is 3.40. The van der Waals surface area contributed by atoms with E-state index in [1.165, 1.54) is 0 Å². The summed E-state index contributed by atoms with van der Waals surface area (Å²) in [5, 5.41) is 4.00. The van der Waals surface area contributed by atoms with Crippen LogP contribution in [0.1, 0.15) is 56.2 Å². The van der Waals surface area contributed by atoms with E-state index in [0.29, 0.717) is 28.4 Å². The zero-order chi connectivity index (χ0) is 20.6. The molecule has 7 heteroatoms. The molecule has 0 saturated carbocycles. The summed E-state index contributed by atoms with van der Waals surface area (Å²) in [6, 6.07) is 5.37. The highest BCUT2D eigenvalue weighted by atomic mass is 16.5. The molecule has 3 aromatic heterocycles. The van der Waals surface area contributed by atoms with Crippen molar-refractivity contribution in [2.75, 3.05) is 6.61 Å². The molecule has 3 aromatic rings. The Kier molecular flexibility index (Phi) is 5.27. The molecule has 0 aromatic carbocycles. The van der Waals surface area contributed by atoms with Gasteiger partial charge in [-0.15, -0.1) is 0 Å². The van der Waals surface area contributed by atoms with Gasteiger partial charge < -0.3 is 13.8 Å². The Hall–Kier alpha value is -3.09. The molecule has 0 atom stereocenters. The molecule has 3 heterocycles. The number of esters is 1. The molecule has 0 fully saturated rings. The average molecular weight is 383 g/mol. The lowest BCUT2D eigenvalue weighted by Crippen LogP contribution is -2.15. The molecule has 3 rings (SSSR count). The maximum atomic E-state index is 12.6. The van der Waals surface area contributed by atoms with Gasteiger partial charge >= 0.3 is 5.97 Å². The van der Waals surface area contributed by atoms with Crippen molar-refractivity contribution in [3.05, 3.63) is 57.9 Å². The van der Waals surface area contributed by atoms with Crippen molar-refractivity contribution in [1.29, 1.82) is 0 Å². The zero-order valence-corrected chi connectivity index (χ0v) is 17.1. The molecule has 0 radical (unpaired) electrons. The van der Waals surface area contributed by atoms with Crippen LogP contribution in [0.2, 0.25) is 0 Å². The first-order valence-electron chi connectivity index (χ1n) is 9.24. The van der Waals surface area contributed by atoms with Crippen molar-refractivity contribution in [3.8, 4) is 5.82 Å². The molecule has 0 amide bonds. The van der Waals surface area contributed by atoms with E-state index in [0.717, 1.165) is 23.6 Å². The molecular weight excluding hydrogens is 358 g/mol. The fraction of sp³-hybridized carbons (Fsp3) is 0.381. The van der Waals surface area contributed by atoms with Crippen molar-refractivity contribution in [2.24, 2.45) is 0 Å². The Morgan fingerprint density at radius 1 is 1.00 bits per heavy atom. The predicted octanol–water partition coefficient (Wildman–Crippen LogP) is 3.87. The fourth-order valence-electron chi connectivity index (χ4n) is 3.64. The molecule has 7 nitrogen and oxygen atoms in total. The Bertz CT molecular complexity index is 1050. The Morgan fingerprint density at radius 2 is 1.68 bits per heavy atom. The molecule has 0 unspecified atom stereocenters. The fourth-order valence-corrected chi connectivity index (χ4v) is 3.64. The number of ether oxygens (including phenoxy) is 1. The maximum Gasteiger partial charge on any atom is 0.340 e. The van der Waals surface area contributed by atoms with Gasteiger partial charge in [0.05, 0.1) is 5.56 Å². The topological polar surface area (TPSA) is 79.3 Å². The quantitative estimate of drug-likeness (QED) is 0.477. The smallest absolute Gasteiger partial charge is 0.340 e. The van der Waals surface area contributed by atoms with Gasteiger partial charge in [0.2, 0.25) is 5.78 Å². The Balaban J connectivity index is 1.76. The average Bonchev–Trinajstić information content (AvgIpc) is 3.28. The zero-order valence-electron chi connectivity index (χ0n) is 17.1. The summed E-state index contributed by atoms with van der Waals surface area (Å²) in [5.74, 6) is 0.552. The second-order valence-corrected chi connectivity index (χ2v) is 6.94. The highest BCUT2D eigenvalue weighted by Crippen LogP contribution is 2.22. The summed E-state index contributed by atoms with van der Waals surface area (Å²) < 4.78 is 14.3. The van der Waals surface area contributed by atoms with E-state index in [2.05, 4.69) is 9.72 Å². The second kappa shape index (κ2) is 7.50. The van der Waals surface area contributed by atoms with Crippen LogP contribution in [0.3, 0.4) is 0 Å². The van der Waals surface area contributed by atoms with Gasteiger partial charge in [-0.1, -0.05) is 5.16 Å². The highest BCUT2D eigenvalue weighted by Gasteiger charge is 2.22. The van der Waals surface area contributed by atoms with Gasteiger partial charge in [0.15, 0.2) is 12.4 Å². The van der Waals surface area contributed by atoms with E-state index in [9.17, 15) is 9.59 Å². The third-order valence-electron chi connectivity index (χ3n) is 5.02. The first-order valence-corrected chi connectivity index (χ1v) is 9.24. The third-order valence-corrected chi connectivity index (χ3v) is 5.02. The lowest BCUT2D eigenvalue weighted by molar-refractivity contribution is 0.0473. The molecule has 0 aliphatic heterocycles. The van der Waals surface area contributed by atoms with Gasteiger partial charge in [0.1, 0.15) is 5.76 Å². The number of hydrogen-bond acceptors (Lipinski definition) is 5. The summed E-state index contributed by atoms with van der Waals surface area (Å²) >= 11 is 0. The van der Waals surface area contributed by atoms with E-state index in [1.54, 1.807) is 19.1 Å². The van der Waals surface area contributed by atoms with Crippen molar-refractivity contribution in [3.63, 3.8) is 0 Å². The minimum absolute atomic E-state index is 0.206. The van der Waals surface area contributed by atoms with E-state index in [-0.39, 0.29) is 12.4 Å². The van der Waals surface area contributed by atoms with Gasteiger partial charge in [-0.25, -0.2) is 4.79 Å². The number of carbonyl (C=O) groups excluding carboxylic acids is 2. The number of aromatic nitrogens is 3. The van der Waals surface area contributed by atoms with Crippen molar-refractivity contribution in [2.45, 2.75) is 48.1 Å². The number of ketones is 1. The first-order chi connectivity index (χ1) is 13.2. The van der Waals surface area contributed by atoms with E-state index in [1.807, 2.05) is 45.3 Å². The minimum Gasteiger partial charge on any atom is -0.454 e. The summed E-state index contributed by atoms with van der Waals surface area (Å²) in [6.45, 7) is 11.9. The van der Waals surface area contributed by atoms with Crippen LogP contribution < -0.4 is 0 Å². The number of Topliss-reactive ketones (excluding diaryl/α,β-unsaturated/α-hetero) is 1. The standard InChI is InChI=1S/C21H25N3O4/c1-7-23-12(2)8-17(15(23)5)19(25)11-27-21(26)18-9-13(3)24(16(18)6)20-10-14(4)28-22-20/h8-10H,7,11H2,1-6H3. The van der Waals surface area contributed by atoms with Gasteiger partial charge in [-0.05, 0) is 53.7 Å². The monoisotopic (exact) mass is 383 g/mol. The Morgan fingerprint density at radius 3 is 2.25 bits per heavy atom. The van der Waals surface area contributed by atoms with Crippen LogP contribution >= 0.6 is 0 Å². The molecule has 28 heavy (non-hydrogen) atoms. The number of hydrogen-bond donors (Lipinski definition) is 0. The van der Waals surface area contributed by atoms with Gasteiger partial charge in [-0.2, -0.15) is 0 Å². The van der Waals surface area contributed by atoms with Crippen LogP contribution in [0.4, 0.5) is 0 Å². The van der Waals surface area contributed by atoms with Crippen LogP contribution in [0.5, 0.6) is 0 Å². The van der Waals surface area contributed by atoms with Crippen LogP contribution in [0.25, 0.3) is 5.82 Å². The molecule has 148 valence electrons. The van der Waals surface area contributed by atoms with Crippen molar-refractivity contribution < 1.29 is 18.8 Å². The molecule has 0 N–H and O–H groups in total. The van der Waals surface area contributed by atoms with Gasteiger partial charge in [0.25, 0.3) is 0 Å². The molecule has 0 bridgehead atoms. The first kappa shape index (κ1) is 19.7. The van der Waals surface area contributed by atoms with Crippen LogP contribution in [-0.4, -0.2) is 32.7 Å². The van der Waals surface area contributed by atoms with Crippen molar-refractivity contribution >= 4 is 11.8 Å².